The molecule has 0 spiro atoms. The van der Waals surface area contributed by atoms with E-state index in [0.29, 0.717) is 41.0 Å². The predicted octanol–water partition coefficient (Wildman–Crippen LogP) is 4.77. The molecule has 3 aromatic rings. The number of carbonyl (C=O) groups excluding carboxylic acids is 2. The number of thioether (sulfide) groups is 1. The van der Waals surface area contributed by atoms with Gasteiger partial charge in [0.15, 0.2) is 0 Å². The van der Waals surface area contributed by atoms with E-state index in [-0.39, 0.29) is 17.9 Å². The molecule has 1 aliphatic heterocycles. The number of halogens is 2. The molecule has 33 heavy (non-hydrogen) atoms. The van der Waals surface area contributed by atoms with Crippen LogP contribution in [0.15, 0.2) is 53.6 Å². The van der Waals surface area contributed by atoms with Crippen molar-refractivity contribution in [3.8, 4) is 0 Å². The van der Waals surface area contributed by atoms with Crippen molar-refractivity contribution in [3.05, 3.63) is 64.3 Å². The standard InChI is InChI=1S/C24H25Cl2N3O3S/c25-16-7-8-18(20(26)12-16)24(31)27-9-10-29-14-22(19-5-1-2-6-21(19)29)33-15-23(30)28-13-17-4-3-11-32-17/h1-2,5-8,12,14,17H,3-4,9-11,13,15H2,(H,27,31)(H,28,30). The number of nitrogens with zero attached hydrogens (tertiary/aromatic N) is 1. The molecule has 6 nitrogen and oxygen atoms in total. The van der Waals surface area contributed by atoms with E-state index in [1.165, 1.54) is 11.8 Å². The van der Waals surface area contributed by atoms with E-state index in [0.717, 1.165) is 35.2 Å². The summed E-state index contributed by atoms with van der Waals surface area (Å²) in [6, 6.07) is 12.9. The molecular weight excluding hydrogens is 481 g/mol. The summed E-state index contributed by atoms with van der Waals surface area (Å²) >= 11 is 13.5. The summed E-state index contributed by atoms with van der Waals surface area (Å²) in [6.45, 7) is 2.37. The molecule has 0 aliphatic carbocycles. The van der Waals surface area contributed by atoms with Crippen molar-refractivity contribution in [2.75, 3.05) is 25.4 Å². The molecule has 1 fully saturated rings. The maximum atomic E-state index is 12.5. The van der Waals surface area contributed by atoms with Crippen LogP contribution in [0.3, 0.4) is 0 Å². The van der Waals surface area contributed by atoms with Gasteiger partial charge < -0.3 is 19.9 Å². The summed E-state index contributed by atoms with van der Waals surface area (Å²) in [6.07, 6.45) is 4.23. The maximum absolute atomic E-state index is 12.5. The molecule has 2 heterocycles. The number of para-hydroxylation sites is 1. The topological polar surface area (TPSA) is 72.4 Å². The lowest BCUT2D eigenvalue weighted by Crippen LogP contribution is -2.32. The number of ether oxygens (including phenoxy) is 1. The largest absolute Gasteiger partial charge is 0.376 e. The lowest BCUT2D eigenvalue weighted by atomic mass is 10.2. The summed E-state index contributed by atoms with van der Waals surface area (Å²) < 4.78 is 7.64. The van der Waals surface area contributed by atoms with E-state index in [2.05, 4.69) is 15.2 Å². The molecular formula is C24H25Cl2N3O3S. The van der Waals surface area contributed by atoms with E-state index in [1.807, 2.05) is 30.5 Å². The first-order valence-corrected chi connectivity index (χ1v) is 12.6. The lowest BCUT2D eigenvalue weighted by Gasteiger charge is -2.10. The fourth-order valence-electron chi connectivity index (χ4n) is 3.80. The number of hydrogen-bond acceptors (Lipinski definition) is 4. The summed E-state index contributed by atoms with van der Waals surface area (Å²) in [5.41, 5.74) is 1.45. The van der Waals surface area contributed by atoms with Crippen molar-refractivity contribution in [1.82, 2.24) is 15.2 Å². The minimum absolute atomic E-state index is 0.000521. The van der Waals surface area contributed by atoms with Crippen LogP contribution in [0.1, 0.15) is 23.2 Å². The summed E-state index contributed by atoms with van der Waals surface area (Å²) in [5, 5.41) is 7.76. The molecule has 0 radical (unpaired) electrons. The van der Waals surface area contributed by atoms with Gasteiger partial charge in [-0.2, -0.15) is 0 Å². The van der Waals surface area contributed by atoms with Crippen molar-refractivity contribution >= 4 is 57.7 Å². The second kappa shape index (κ2) is 11.3. The van der Waals surface area contributed by atoms with Gasteiger partial charge in [-0.15, -0.1) is 11.8 Å². The van der Waals surface area contributed by atoms with Crippen molar-refractivity contribution in [2.45, 2.75) is 30.4 Å². The van der Waals surface area contributed by atoms with Crippen LogP contribution in [0.5, 0.6) is 0 Å². The van der Waals surface area contributed by atoms with Gasteiger partial charge in [-0.25, -0.2) is 0 Å². The minimum Gasteiger partial charge on any atom is -0.376 e. The zero-order valence-corrected chi connectivity index (χ0v) is 20.3. The predicted molar refractivity (Wildman–Crippen MR) is 133 cm³/mol. The van der Waals surface area contributed by atoms with Crippen LogP contribution in [0.2, 0.25) is 10.0 Å². The van der Waals surface area contributed by atoms with E-state index < -0.39 is 0 Å². The third-order valence-corrected chi connectivity index (χ3v) is 7.07. The van der Waals surface area contributed by atoms with E-state index in [9.17, 15) is 9.59 Å². The molecule has 9 heteroatoms. The zero-order valence-electron chi connectivity index (χ0n) is 18.0. The fourth-order valence-corrected chi connectivity index (χ4v) is 5.21. The highest BCUT2D eigenvalue weighted by molar-refractivity contribution is 8.00. The Bertz CT molecular complexity index is 1150. The molecule has 1 atom stereocenters. The maximum Gasteiger partial charge on any atom is 0.252 e. The molecule has 174 valence electrons. The molecule has 2 N–H and O–H groups in total. The van der Waals surface area contributed by atoms with E-state index in [4.69, 9.17) is 27.9 Å². The average molecular weight is 506 g/mol. The number of hydrogen-bond donors (Lipinski definition) is 2. The summed E-state index contributed by atoms with van der Waals surface area (Å²) in [5.74, 6) is 0.0945. The van der Waals surface area contributed by atoms with Crippen molar-refractivity contribution in [2.24, 2.45) is 0 Å². The highest BCUT2D eigenvalue weighted by atomic mass is 35.5. The van der Waals surface area contributed by atoms with E-state index in [1.54, 1.807) is 18.2 Å². The molecule has 1 aromatic heterocycles. The Morgan fingerprint density at radius 3 is 2.79 bits per heavy atom. The van der Waals surface area contributed by atoms with Crippen LogP contribution in [-0.4, -0.2) is 47.9 Å². The Hall–Kier alpha value is -2.19. The zero-order chi connectivity index (χ0) is 23.2. The Kier molecular flexibility index (Phi) is 8.20. The van der Waals surface area contributed by atoms with Crippen LogP contribution in [0.25, 0.3) is 10.9 Å². The van der Waals surface area contributed by atoms with Gasteiger partial charge in [0.2, 0.25) is 5.91 Å². The van der Waals surface area contributed by atoms with Gasteiger partial charge in [-0.3, -0.25) is 9.59 Å². The van der Waals surface area contributed by atoms with Gasteiger partial charge in [0, 0.05) is 53.3 Å². The molecule has 1 saturated heterocycles. The van der Waals surface area contributed by atoms with Crippen molar-refractivity contribution < 1.29 is 14.3 Å². The Labute approximate surface area is 206 Å². The number of nitrogens with one attached hydrogen (secondary N) is 2. The third kappa shape index (κ3) is 6.23. The van der Waals surface area contributed by atoms with E-state index >= 15 is 0 Å². The van der Waals surface area contributed by atoms with Crippen LogP contribution in [0.4, 0.5) is 0 Å². The van der Waals surface area contributed by atoms with Gasteiger partial charge in [-0.05, 0) is 37.1 Å². The van der Waals surface area contributed by atoms with Crippen LogP contribution >= 0.6 is 35.0 Å². The second-order valence-corrected chi connectivity index (χ2v) is 9.67. The number of amides is 2. The van der Waals surface area contributed by atoms with Crippen LogP contribution < -0.4 is 10.6 Å². The van der Waals surface area contributed by atoms with Gasteiger partial charge in [0.1, 0.15) is 0 Å². The molecule has 2 aromatic carbocycles. The molecule has 2 amide bonds. The average Bonchev–Trinajstić information content (AvgIpc) is 3.44. The molecule has 0 saturated carbocycles. The van der Waals surface area contributed by atoms with Crippen LogP contribution in [-0.2, 0) is 16.1 Å². The molecule has 1 aliphatic rings. The first-order chi connectivity index (χ1) is 16.0. The van der Waals surface area contributed by atoms with Gasteiger partial charge in [0.25, 0.3) is 5.91 Å². The Balaban J connectivity index is 1.34. The SMILES string of the molecule is O=C(CSc1cn(CCNC(=O)c2ccc(Cl)cc2Cl)c2ccccc12)NCC1CCCO1. The third-order valence-electron chi connectivity index (χ3n) is 5.48. The molecule has 1 unspecified atom stereocenters. The summed E-state index contributed by atoms with van der Waals surface area (Å²) in [7, 11) is 0. The molecule has 0 bridgehead atoms. The van der Waals surface area contributed by atoms with Crippen molar-refractivity contribution in [3.63, 3.8) is 0 Å². The number of benzene rings is 2. The number of aromatic nitrogens is 1. The first kappa shape index (κ1) is 24.0. The highest BCUT2D eigenvalue weighted by Gasteiger charge is 2.17. The number of rotatable bonds is 9. The quantitative estimate of drug-likeness (QED) is 0.411. The van der Waals surface area contributed by atoms with Gasteiger partial charge in [0.05, 0.1) is 22.4 Å². The number of carbonyl (C=O) groups is 2. The second-order valence-electron chi connectivity index (χ2n) is 7.81. The Morgan fingerprint density at radius 2 is 2.00 bits per heavy atom. The summed E-state index contributed by atoms with van der Waals surface area (Å²) in [4.78, 5) is 25.8. The van der Waals surface area contributed by atoms with Gasteiger partial charge in [-0.1, -0.05) is 41.4 Å². The number of fused-ring (bicyclic) bond motifs is 1. The fraction of sp³-hybridized carbons (Fsp3) is 0.333. The minimum atomic E-state index is -0.245. The first-order valence-electron chi connectivity index (χ1n) is 10.8. The highest BCUT2D eigenvalue weighted by Crippen LogP contribution is 2.30. The molecule has 4 rings (SSSR count). The monoisotopic (exact) mass is 505 g/mol. The smallest absolute Gasteiger partial charge is 0.252 e. The lowest BCUT2D eigenvalue weighted by molar-refractivity contribution is -0.119. The van der Waals surface area contributed by atoms with Crippen LogP contribution in [0, 0.1) is 0 Å². The van der Waals surface area contributed by atoms with Crippen molar-refractivity contribution in [1.29, 1.82) is 0 Å². The Morgan fingerprint density at radius 1 is 1.15 bits per heavy atom. The normalized spacial score (nSPS) is 15.6. The van der Waals surface area contributed by atoms with Gasteiger partial charge >= 0.3 is 0 Å².